The van der Waals surface area contributed by atoms with Gasteiger partial charge in [-0.05, 0) is 12.8 Å². The van der Waals surface area contributed by atoms with Crippen LogP contribution in [0, 0.1) is 5.92 Å². The number of carbonyl (C=O) groups is 1. The Labute approximate surface area is 136 Å². The van der Waals surface area contributed by atoms with Gasteiger partial charge < -0.3 is 10.0 Å². The average Bonchev–Trinajstić information content (AvgIpc) is 2.62. The molecule has 3 rings (SSSR count). The molecule has 0 aliphatic carbocycles. The quantitative estimate of drug-likeness (QED) is 0.940. The average molecular weight is 311 g/mol. The van der Waals surface area contributed by atoms with Crippen molar-refractivity contribution >= 4 is 11.8 Å². The maximum atomic E-state index is 11.3. The number of nitrogens with zero attached hydrogens (tertiary/aromatic N) is 3. The minimum absolute atomic E-state index is 0.316. The molecule has 2 heterocycles. The Balaban J connectivity index is 1.94. The second-order valence-corrected chi connectivity index (χ2v) is 5.87. The molecule has 0 spiro atoms. The molecule has 1 saturated heterocycles. The highest BCUT2D eigenvalue weighted by molar-refractivity contribution is 5.71. The molecule has 0 radical (unpaired) electrons. The lowest BCUT2D eigenvalue weighted by Gasteiger charge is -2.32. The highest BCUT2D eigenvalue weighted by Crippen LogP contribution is 2.26. The first kappa shape index (κ1) is 15.5. The van der Waals surface area contributed by atoms with Gasteiger partial charge in [0.05, 0.1) is 11.6 Å². The number of carboxylic acids is 1. The van der Waals surface area contributed by atoms with Crippen molar-refractivity contribution in [1.29, 1.82) is 0 Å². The first-order valence-corrected chi connectivity index (χ1v) is 8.08. The predicted molar refractivity (Wildman–Crippen MR) is 89.4 cm³/mol. The number of anilines is 1. The number of piperidine rings is 1. The number of hydrogen-bond donors (Lipinski definition) is 1. The summed E-state index contributed by atoms with van der Waals surface area (Å²) in [7, 11) is 0. The second kappa shape index (κ2) is 6.77. The molecule has 0 bridgehead atoms. The molecule has 5 nitrogen and oxygen atoms in total. The van der Waals surface area contributed by atoms with E-state index in [4.69, 9.17) is 0 Å². The minimum atomic E-state index is -0.720. The first-order chi connectivity index (χ1) is 11.2. The van der Waals surface area contributed by atoms with Crippen LogP contribution in [-0.4, -0.2) is 34.1 Å². The van der Waals surface area contributed by atoms with Crippen molar-refractivity contribution in [3.05, 3.63) is 42.2 Å². The smallest absolute Gasteiger partial charge is 0.308 e. The van der Waals surface area contributed by atoms with Gasteiger partial charge in [0.15, 0.2) is 0 Å². The summed E-state index contributed by atoms with van der Waals surface area (Å²) in [5.74, 6) is 0.590. The molecule has 0 amide bonds. The summed E-state index contributed by atoms with van der Waals surface area (Å²) in [5.41, 5.74) is 1.95. The SMILES string of the molecule is CCc1nc(-c2ccccc2)cc(N2CCCC(C(=O)O)C2)n1. The second-order valence-electron chi connectivity index (χ2n) is 5.87. The van der Waals surface area contributed by atoms with E-state index >= 15 is 0 Å². The van der Waals surface area contributed by atoms with Gasteiger partial charge in [-0.25, -0.2) is 9.97 Å². The number of carboxylic acid groups (broad SMARTS) is 1. The number of rotatable bonds is 4. The van der Waals surface area contributed by atoms with Crippen LogP contribution < -0.4 is 4.90 Å². The monoisotopic (exact) mass is 311 g/mol. The maximum Gasteiger partial charge on any atom is 0.308 e. The number of aryl methyl sites for hydroxylation is 1. The summed E-state index contributed by atoms with van der Waals surface area (Å²) in [5, 5.41) is 9.28. The Bertz CT molecular complexity index is 688. The molecule has 1 aliphatic heterocycles. The first-order valence-electron chi connectivity index (χ1n) is 8.08. The molecule has 1 aliphatic rings. The summed E-state index contributed by atoms with van der Waals surface area (Å²) in [6, 6.07) is 12.0. The largest absolute Gasteiger partial charge is 0.481 e. The van der Waals surface area contributed by atoms with Gasteiger partial charge in [0, 0.05) is 31.1 Å². The lowest BCUT2D eigenvalue weighted by Crippen LogP contribution is -2.39. The van der Waals surface area contributed by atoms with E-state index in [1.165, 1.54) is 0 Å². The van der Waals surface area contributed by atoms with E-state index in [0.29, 0.717) is 6.54 Å². The maximum absolute atomic E-state index is 11.3. The van der Waals surface area contributed by atoms with Crippen LogP contribution in [0.4, 0.5) is 5.82 Å². The van der Waals surface area contributed by atoms with Crippen LogP contribution >= 0.6 is 0 Å². The van der Waals surface area contributed by atoms with E-state index in [-0.39, 0.29) is 5.92 Å². The van der Waals surface area contributed by atoms with E-state index in [2.05, 4.69) is 14.9 Å². The van der Waals surface area contributed by atoms with Gasteiger partial charge in [-0.1, -0.05) is 37.3 Å². The van der Waals surface area contributed by atoms with Gasteiger partial charge in [-0.15, -0.1) is 0 Å². The Kier molecular flexibility index (Phi) is 4.55. The minimum Gasteiger partial charge on any atom is -0.481 e. The molecule has 23 heavy (non-hydrogen) atoms. The van der Waals surface area contributed by atoms with E-state index in [9.17, 15) is 9.90 Å². The van der Waals surface area contributed by atoms with Crippen LogP contribution in [0.5, 0.6) is 0 Å². The highest BCUT2D eigenvalue weighted by atomic mass is 16.4. The van der Waals surface area contributed by atoms with Gasteiger partial charge in [0.25, 0.3) is 0 Å². The van der Waals surface area contributed by atoms with Crippen LogP contribution in [0.25, 0.3) is 11.3 Å². The lowest BCUT2D eigenvalue weighted by atomic mass is 9.98. The van der Waals surface area contributed by atoms with Gasteiger partial charge in [0.1, 0.15) is 11.6 Å². The zero-order chi connectivity index (χ0) is 16.2. The molecular formula is C18H21N3O2. The van der Waals surface area contributed by atoms with E-state index in [0.717, 1.165) is 48.7 Å². The van der Waals surface area contributed by atoms with Crippen molar-refractivity contribution < 1.29 is 9.90 Å². The molecule has 2 aromatic rings. The van der Waals surface area contributed by atoms with Crippen LogP contribution in [0.3, 0.4) is 0 Å². The van der Waals surface area contributed by atoms with E-state index in [1.807, 2.05) is 43.3 Å². The van der Waals surface area contributed by atoms with Crippen molar-refractivity contribution in [1.82, 2.24) is 9.97 Å². The topological polar surface area (TPSA) is 66.3 Å². The standard InChI is InChI=1S/C18H21N3O2/c1-2-16-19-15(13-7-4-3-5-8-13)11-17(20-16)21-10-6-9-14(12-21)18(22)23/h3-5,7-8,11,14H,2,6,9-10,12H2,1H3,(H,22,23). The van der Waals surface area contributed by atoms with Gasteiger partial charge >= 0.3 is 5.97 Å². The summed E-state index contributed by atoms with van der Waals surface area (Å²) in [4.78, 5) is 22.6. The fourth-order valence-corrected chi connectivity index (χ4v) is 2.95. The molecule has 1 N–H and O–H groups in total. The molecule has 1 unspecified atom stereocenters. The Morgan fingerprint density at radius 2 is 2.09 bits per heavy atom. The van der Waals surface area contributed by atoms with Crippen molar-refractivity contribution in [2.24, 2.45) is 5.92 Å². The molecule has 1 fully saturated rings. The molecule has 1 atom stereocenters. The molecule has 1 aromatic heterocycles. The van der Waals surface area contributed by atoms with E-state index in [1.54, 1.807) is 0 Å². The summed E-state index contributed by atoms with van der Waals surface area (Å²) >= 11 is 0. The van der Waals surface area contributed by atoms with Crippen LogP contribution in [0.1, 0.15) is 25.6 Å². The third kappa shape index (κ3) is 3.50. The Hall–Kier alpha value is -2.43. The normalized spacial score (nSPS) is 18.0. The number of hydrogen-bond acceptors (Lipinski definition) is 4. The molecular weight excluding hydrogens is 290 g/mol. The number of aromatic nitrogens is 2. The summed E-state index contributed by atoms with van der Waals surface area (Å²) in [6.07, 6.45) is 2.37. The van der Waals surface area contributed by atoms with Crippen LogP contribution in [-0.2, 0) is 11.2 Å². The number of aliphatic carboxylic acids is 1. The number of benzene rings is 1. The Morgan fingerprint density at radius 3 is 2.78 bits per heavy atom. The van der Waals surface area contributed by atoms with E-state index < -0.39 is 5.97 Å². The van der Waals surface area contributed by atoms with Crippen molar-refractivity contribution in [2.45, 2.75) is 26.2 Å². The van der Waals surface area contributed by atoms with Crippen LogP contribution in [0.15, 0.2) is 36.4 Å². The van der Waals surface area contributed by atoms with Gasteiger partial charge in [-0.3, -0.25) is 4.79 Å². The third-order valence-electron chi connectivity index (χ3n) is 4.24. The Morgan fingerprint density at radius 1 is 1.30 bits per heavy atom. The zero-order valence-corrected chi connectivity index (χ0v) is 13.3. The third-order valence-corrected chi connectivity index (χ3v) is 4.24. The van der Waals surface area contributed by atoms with Gasteiger partial charge in [-0.2, -0.15) is 0 Å². The summed E-state index contributed by atoms with van der Waals surface area (Å²) < 4.78 is 0. The van der Waals surface area contributed by atoms with Crippen molar-refractivity contribution in [2.75, 3.05) is 18.0 Å². The van der Waals surface area contributed by atoms with Gasteiger partial charge in [0.2, 0.25) is 0 Å². The van der Waals surface area contributed by atoms with Crippen LogP contribution in [0.2, 0.25) is 0 Å². The summed E-state index contributed by atoms with van der Waals surface area (Å²) in [6.45, 7) is 3.39. The lowest BCUT2D eigenvalue weighted by molar-refractivity contribution is -0.141. The molecule has 0 saturated carbocycles. The predicted octanol–water partition coefficient (Wildman–Crippen LogP) is 3.01. The highest BCUT2D eigenvalue weighted by Gasteiger charge is 2.26. The van der Waals surface area contributed by atoms with Crippen molar-refractivity contribution in [3.8, 4) is 11.3 Å². The molecule has 5 heteroatoms. The fraction of sp³-hybridized carbons (Fsp3) is 0.389. The van der Waals surface area contributed by atoms with Crippen molar-refractivity contribution in [3.63, 3.8) is 0 Å². The fourth-order valence-electron chi connectivity index (χ4n) is 2.95. The zero-order valence-electron chi connectivity index (χ0n) is 13.3. The molecule has 1 aromatic carbocycles. The molecule has 120 valence electrons.